The lowest BCUT2D eigenvalue weighted by atomic mass is 9.81. The standard InChI is InChI=1S/C16H30N2/c1-12-6-4-5-7-15(12)18-11-16(3,14-8-9-14)17-10-13(18)2/h12-15,17H,4-11H2,1-3H3. The van der Waals surface area contributed by atoms with Gasteiger partial charge in [0.1, 0.15) is 0 Å². The average Bonchev–Trinajstić information content (AvgIpc) is 3.18. The van der Waals surface area contributed by atoms with E-state index in [2.05, 4.69) is 31.0 Å². The van der Waals surface area contributed by atoms with Crippen molar-refractivity contribution in [1.29, 1.82) is 0 Å². The Morgan fingerprint density at radius 2 is 1.78 bits per heavy atom. The van der Waals surface area contributed by atoms with E-state index in [0.717, 1.165) is 23.9 Å². The zero-order valence-electron chi connectivity index (χ0n) is 12.4. The molecule has 18 heavy (non-hydrogen) atoms. The molecule has 0 bridgehead atoms. The smallest absolute Gasteiger partial charge is 0.0309 e. The maximum absolute atomic E-state index is 3.85. The fourth-order valence-electron chi connectivity index (χ4n) is 4.32. The van der Waals surface area contributed by atoms with E-state index in [4.69, 9.17) is 0 Å². The minimum Gasteiger partial charge on any atom is -0.308 e. The number of nitrogens with zero attached hydrogens (tertiary/aromatic N) is 1. The van der Waals surface area contributed by atoms with Crippen LogP contribution in [0.15, 0.2) is 0 Å². The van der Waals surface area contributed by atoms with Gasteiger partial charge in [-0.2, -0.15) is 0 Å². The first-order valence-electron chi connectivity index (χ1n) is 8.11. The summed E-state index contributed by atoms with van der Waals surface area (Å²) in [5.41, 5.74) is 0.406. The molecule has 0 aromatic carbocycles. The highest BCUT2D eigenvalue weighted by Crippen LogP contribution is 2.42. The third-order valence-corrected chi connectivity index (χ3v) is 5.85. The Morgan fingerprint density at radius 3 is 2.44 bits per heavy atom. The van der Waals surface area contributed by atoms with Gasteiger partial charge in [-0.25, -0.2) is 0 Å². The molecule has 0 radical (unpaired) electrons. The number of hydrogen-bond acceptors (Lipinski definition) is 2. The minimum atomic E-state index is 0.406. The predicted octanol–water partition coefficient (Wildman–Crippen LogP) is 3.03. The van der Waals surface area contributed by atoms with Crippen LogP contribution < -0.4 is 5.32 Å². The van der Waals surface area contributed by atoms with Crippen LogP contribution in [0.3, 0.4) is 0 Å². The summed E-state index contributed by atoms with van der Waals surface area (Å²) in [4.78, 5) is 2.86. The molecule has 0 aromatic heterocycles. The van der Waals surface area contributed by atoms with Crippen molar-refractivity contribution < 1.29 is 0 Å². The van der Waals surface area contributed by atoms with E-state index in [0.29, 0.717) is 5.54 Å². The van der Waals surface area contributed by atoms with Crippen LogP contribution >= 0.6 is 0 Å². The van der Waals surface area contributed by atoms with Crippen LogP contribution in [0.5, 0.6) is 0 Å². The summed E-state index contributed by atoms with van der Waals surface area (Å²) >= 11 is 0. The van der Waals surface area contributed by atoms with Crippen molar-refractivity contribution in [2.24, 2.45) is 11.8 Å². The van der Waals surface area contributed by atoms with Crippen LogP contribution in [0.1, 0.15) is 59.3 Å². The van der Waals surface area contributed by atoms with Crippen LogP contribution in [-0.2, 0) is 0 Å². The van der Waals surface area contributed by atoms with Crippen molar-refractivity contribution in [1.82, 2.24) is 10.2 Å². The molecule has 2 nitrogen and oxygen atoms in total. The van der Waals surface area contributed by atoms with E-state index in [-0.39, 0.29) is 0 Å². The molecule has 3 rings (SSSR count). The van der Waals surface area contributed by atoms with Crippen molar-refractivity contribution in [3.63, 3.8) is 0 Å². The highest BCUT2D eigenvalue weighted by molar-refractivity contribution is 5.05. The van der Waals surface area contributed by atoms with Crippen LogP contribution in [0.25, 0.3) is 0 Å². The second-order valence-electron chi connectivity index (χ2n) is 7.42. The largest absolute Gasteiger partial charge is 0.308 e. The first-order valence-corrected chi connectivity index (χ1v) is 8.11. The van der Waals surface area contributed by atoms with Crippen LogP contribution in [0, 0.1) is 11.8 Å². The molecule has 3 aliphatic rings. The molecule has 1 N–H and O–H groups in total. The molecule has 104 valence electrons. The number of piperazine rings is 1. The minimum absolute atomic E-state index is 0.406. The van der Waals surface area contributed by atoms with Crippen molar-refractivity contribution in [3.8, 4) is 0 Å². The fraction of sp³-hybridized carbons (Fsp3) is 1.00. The van der Waals surface area contributed by atoms with E-state index < -0.39 is 0 Å². The van der Waals surface area contributed by atoms with Gasteiger partial charge in [-0.05, 0) is 51.4 Å². The summed E-state index contributed by atoms with van der Waals surface area (Å²) < 4.78 is 0. The average molecular weight is 250 g/mol. The fourth-order valence-corrected chi connectivity index (χ4v) is 4.32. The van der Waals surface area contributed by atoms with Gasteiger partial charge in [0.15, 0.2) is 0 Å². The number of rotatable bonds is 2. The van der Waals surface area contributed by atoms with Gasteiger partial charge in [0, 0.05) is 30.7 Å². The van der Waals surface area contributed by atoms with E-state index in [9.17, 15) is 0 Å². The topological polar surface area (TPSA) is 15.3 Å². The zero-order valence-corrected chi connectivity index (χ0v) is 12.4. The van der Waals surface area contributed by atoms with Gasteiger partial charge in [-0.1, -0.05) is 19.8 Å². The molecule has 1 aliphatic heterocycles. The third kappa shape index (κ3) is 2.34. The second-order valence-corrected chi connectivity index (χ2v) is 7.42. The van der Waals surface area contributed by atoms with Gasteiger partial charge in [0.2, 0.25) is 0 Å². The summed E-state index contributed by atoms with van der Waals surface area (Å²) in [6.07, 6.45) is 8.69. The van der Waals surface area contributed by atoms with Gasteiger partial charge in [-0.3, -0.25) is 4.90 Å². The quantitative estimate of drug-likeness (QED) is 0.810. The van der Waals surface area contributed by atoms with Gasteiger partial charge >= 0.3 is 0 Å². The predicted molar refractivity (Wildman–Crippen MR) is 76.7 cm³/mol. The molecular formula is C16H30N2. The highest BCUT2D eigenvalue weighted by Gasteiger charge is 2.47. The second kappa shape index (κ2) is 4.79. The molecule has 2 heteroatoms. The summed E-state index contributed by atoms with van der Waals surface area (Å²) in [5.74, 6) is 1.86. The number of nitrogens with one attached hydrogen (secondary N) is 1. The van der Waals surface area contributed by atoms with E-state index in [1.807, 2.05) is 0 Å². The Bertz CT molecular complexity index is 299. The molecular weight excluding hydrogens is 220 g/mol. The molecule has 2 aliphatic carbocycles. The van der Waals surface area contributed by atoms with Crippen LogP contribution in [0.4, 0.5) is 0 Å². The molecule has 0 amide bonds. The highest BCUT2D eigenvalue weighted by atomic mass is 15.3. The Kier molecular flexibility index (Phi) is 3.44. The lowest BCUT2D eigenvalue weighted by Crippen LogP contribution is -2.66. The molecule has 4 unspecified atom stereocenters. The summed E-state index contributed by atoms with van der Waals surface area (Å²) in [6, 6.07) is 1.58. The van der Waals surface area contributed by atoms with Crippen LogP contribution in [0.2, 0.25) is 0 Å². The maximum Gasteiger partial charge on any atom is 0.0309 e. The summed E-state index contributed by atoms with van der Waals surface area (Å²) in [5, 5.41) is 3.85. The molecule has 0 spiro atoms. The molecule has 3 fully saturated rings. The normalized spacial score (nSPS) is 47.2. The monoisotopic (exact) mass is 250 g/mol. The van der Waals surface area contributed by atoms with E-state index >= 15 is 0 Å². The first kappa shape index (κ1) is 12.9. The van der Waals surface area contributed by atoms with Crippen LogP contribution in [-0.4, -0.2) is 35.6 Å². The van der Waals surface area contributed by atoms with Gasteiger partial charge in [0.25, 0.3) is 0 Å². The first-order chi connectivity index (χ1) is 8.60. The van der Waals surface area contributed by atoms with E-state index in [1.165, 1.54) is 51.6 Å². The Labute approximate surface area is 113 Å². The summed E-state index contributed by atoms with van der Waals surface area (Å²) in [7, 11) is 0. The molecule has 4 atom stereocenters. The lowest BCUT2D eigenvalue weighted by Gasteiger charge is -2.51. The summed E-state index contributed by atoms with van der Waals surface area (Å²) in [6.45, 7) is 9.84. The van der Waals surface area contributed by atoms with Crippen molar-refractivity contribution in [2.75, 3.05) is 13.1 Å². The zero-order chi connectivity index (χ0) is 12.8. The van der Waals surface area contributed by atoms with Gasteiger partial charge in [-0.15, -0.1) is 0 Å². The van der Waals surface area contributed by atoms with E-state index in [1.54, 1.807) is 0 Å². The molecule has 1 saturated heterocycles. The van der Waals surface area contributed by atoms with Gasteiger partial charge in [0.05, 0.1) is 0 Å². The third-order valence-electron chi connectivity index (χ3n) is 5.85. The molecule has 2 saturated carbocycles. The van der Waals surface area contributed by atoms with Crippen molar-refractivity contribution in [3.05, 3.63) is 0 Å². The van der Waals surface area contributed by atoms with Crippen molar-refractivity contribution >= 4 is 0 Å². The molecule has 1 heterocycles. The maximum atomic E-state index is 3.85. The Balaban J connectivity index is 1.72. The Morgan fingerprint density at radius 1 is 1.06 bits per heavy atom. The van der Waals surface area contributed by atoms with Gasteiger partial charge < -0.3 is 5.32 Å². The van der Waals surface area contributed by atoms with Crippen molar-refractivity contribution in [2.45, 2.75) is 76.9 Å². The Hall–Kier alpha value is -0.0800. The SMILES string of the molecule is CC1CCCCC1N1CC(C)(C2CC2)NCC1C. The lowest BCUT2D eigenvalue weighted by molar-refractivity contribution is 0.0111. The number of hydrogen-bond donors (Lipinski definition) is 1. The molecule has 0 aromatic rings.